The third-order valence-electron chi connectivity index (χ3n) is 4.38. The normalized spacial score (nSPS) is 15.6. The van der Waals surface area contributed by atoms with Gasteiger partial charge in [-0.15, -0.1) is 12.4 Å². The smallest absolute Gasteiger partial charge is 0.417 e. The molecule has 2 aromatic carbocycles. The van der Waals surface area contributed by atoms with E-state index in [0.29, 0.717) is 5.75 Å². The Bertz CT molecular complexity index is 1090. The second-order valence-corrected chi connectivity index (χ2v) is 8.40. The predicted octanol–water partition coefficient (Wildman–Crippen LogP) is 4.45. The molecule has 1 amide bonds. The number of benzene rings is 2. The standard InChI is InChI=1S/C21H17F3N2O4S2.ClH/c1-29-19(28)16(25)8-11-2-5-13(6-3-11)30-14-7-4-12(15(10-14)21(22,23)24)9-17-18(27)26-20(31)32-17;/h2-7,9-10,16H,8,25H2,1H3,(H,26,27,31);1H/b17-9-;/t16-;/m0./s1. The lowest BCUT2D eigenvalue weighted by molar-refractivity contribution is -0.142. The third-order valence-corrected chi connectivity index (χ3v) is 5.54. The molecular formula is C21H18ClF3N2O4S2. The number of thioether (sulfide) groups is 1. The van der Waals surface area contributed by atoms with E-state index in [1.165, 1.54) is 19.2 Å². The van der Waals surface area contributed by atoms with E-state index >= 15 is 0 Å². The zero-order valence-electron chi connectivity index (χ0n) is 17.0. The molecule has 3 rings (SSSR count). The number of carbonyl (C=O) groups excluding carboxylic acids is 2. The molecule has 3 N–H and O–H groups in total. The molecule has 1 fully saturated rings. The second-order valence-electron chi connectivity index (χ2n) is 6.68. The fourth-order valence-electron chi connectivity index (χ4n) is 2.85. The van der Waals surface area contributed by atoms with Gasteiger partial charge in [-0.05, 0) is 47.9 Å². The van der Waals surface area contributed by atoms with Gasteiger partial charge in [0.2, 0.25) is 0 Å². The van der Waals surface area contributed by atoms with Crippen LogP contribution in [-0.2, 0) is 26.9 Å². The van der Waals surface area contributed by atoms with Crippen molar-refractivity contribution in [2.45, 2.75) is 18.6 Å². The van der Waals surface area contributed by atoms with Crippen LogP contribution >= 0.6 is 36.4 Å². The van der Waals surface area contributed by atoms with Crippen LogP contribution in [0.4, 0.5) is 13.2 Å². The minimum absolute atomic E-state index is 0. The van der Waals surface area contributed by atoms with Crippen LogP contribution in [0, 0.1) is 0 Å². The SMILES string of the molecule is COC(=O)[C@@H](N)Cc1ccc(Oc2ccc(/C=C3\SC(=S)NC3=O)c(C(F)(F)F)c2)cc1.Cl. The van der Waals surface area contributed by atoms with Gasteiger partial charge in [-0.3, -0.25) is 9.59 Å². The van der Waals surface area contributed by atoms with Crippen LogP contribution in [0.15, 0.2) is 47.4 Å². The number of carbonyl (C=O) groups is 2. The van der Waals surface area contributed by atoms with E-state index in [-0.39, 0.29) is 39.4 Å². The molecule has 0 aromatic heterocycles. The van der Waals surface area contributed by atoms with Crippen molar-refractivity contribution in [2.24, 2.45) is 5.73 Å². The summed E-state index contributed by atoms with van der Waals surface area (Å²) in [5.74, 6) is -0.816. The van der Waals surface area contributed by atoms with Crippen LogP contribution in [-0.4, -0.2) is 29.3 Å². The molecule has 0 spiro atoms. The number of nitrogens with one attached hydrogen (secondary N) is 1. The van der Waals surface area contributed by atoms with Crippen LogP contribution in [0.2, 0.25) is 0 Å². The first-order chi connectivity index (χ1) is 15.1. The van der Waals surface area contributed by atoms with Gasteiger partial charge in [0, 0.05) is 0 Å². The molecule has 1 saturated heterocycles. The summed E-state index contributed by atoms with van der Waals surface area (Å²) in [6.45, 7) is 0. The van der Waals surface area contributed by atoms with Crippen LogP contribution < -0.4 is 15.8 Å². The van der Waals surface area contributed by atoms with Crippen LogP contribution in [0.3, 0.4) is 0 Å². The van der Waals surface area contributed by atoms with E-state index in [9.17, 15) is 22.8 Å². The number of esters is 1. The van der Waals surface area contributed by atoms with Crippen LogP contribution in [0.25, 0.3) is 6.08 Å². The Kier molecular flexibility index (Phi) is 8.89. The highest BCUT2D eigenvalue weighted by atomic mass is 35.5. The van der Waals surface area contributed by atoms with Gasteiger partial charge >= 0.3 is 12.1 Å². The average Bonchev–Trinajstić information content (AvgIpc) is 3.05. The molecular weight excluding hydrogens is 501 g/mol. The molecule has 0 unspecified atom stereocenters. The number of amides is 1. The topological polar surface area (TPSA) is 90.7 Å². The molecule has 12 heteroatoms. The maximum absolute atomic E-state index is 13.6. The molecule has 1 atom stereocenters. The Balaban J connectivity index is 0.00000385. The van der Waals surface area contributed by atoms with Crippen LogP contribution in [0.5, 0.6) is 11.5 Å². The quantitative estimate of drug-likeness (QED) is 0.331. The molecule has 1 heterocycles. The minimum Gasteiger partial charge on any atom is -0.468 e. The molecule has 1 aliphatic rings. The number of thiocarbonyl (C=S) groups is 1. The van der Waals surface area contributed by atoms with Crippen molar-refractivity contribution in [1.82, 2.24) is 5.32 Å². The Morgan fingerprint density at radius 2 is 1.85 bits per heavy atom. The number of nitrogens with two attached hydrogens (primary N) is 1. The maximum Gasteiger partial charge on any atom is 0.417 e. The molecule has 0 radical (unpaired) electrons. The molecule has 33 heavy (non-hydrogen) atoms. The zero-order valence-corrected chi connectivity index (χ0v) is 19.4. The Labute approximate surface area is 203 Å². The highest BCUT2D eigenvalue weighted by Gasteiger charge is 2.34. The first-order valence-corrected chi connectivity index (χ1v) is 10.4. The molecule has 6 nitrogen and oxygen atoms in total. The lowest BCUT2D eigenvalue weighted by Crippen LogP contribution is -2.33. The van der Waals surface area contributed by atoms with Gasteiger partial charge in [-0.2, -0.15) is 13.2 Å². The van der Waals surface area contributed by atoms with Gasteiger partial charge in [0.05, 0.1) is 17.6 Å². The average molecular weight is 519 g/mol. The van der Waals surface area contributed by atoms with Crippen molar-refractivity contribution < 1.29 is 32.2 Å². The van der Waals surface area contributed by atoms with Crippen LogP contribution in [0.1, 0.15) is 16.7 Å². The largest absolute Gasteiger partial charge is 0.468 e. The van der Waals surface area contributed by atoms with E-state index in [2.05, 4.69) is 10.1 Å². The highest BCUT2D eigenvalue weighted by molar-refractivity contribution is 8.26. The lowest BCUT2D eigenvalue weighted by Gasteiger charge is -2.14. The summed E-state index contributed by atoms with van der Waals surface area (Å²) < 4.78 is 51.2. The van der Waals surface area contributed by atoms with Crippen molar-refractivity contribution in [3.05, 3.63) is 64.1 Å². The second kappa shape index (κ2) is 11.0. The third kappa shape index (κ3) is 6.94. The van der Waals surface area contributed by atoms with E-state index in [1.807, 2.05) is 0 Å². The van der Waals surface area contributed by atoms with E-state index in [0.717, 1.165) is 29.5 Å². The van der Waals surface area contributed by atoms with Crippen molar-refractivity contribution in [3.63, 3.8) is 0 Å². The summed E-state index contributed by atoms with van der Waals surface area (Å²) in [6, 6.07) is 9.07. The van der Waals surface area contributed by atoms with Gasteiger partial charge in [-0.25, -0.2) is 0 Å². The minimum atomic E-state index is -4.67. The van der Waals surface area contributed by atoms with Crippen molar-refractivity contribution in [2.75, 3.05) is 7.11 Å². The summed E-state index contributed by atoms with van der Waals surface area (Å²) >= 11 is 5.76. The highest BCUT2D eigenvalue weighted by Crippen LogP contribution is 2.38. The summed E-state index contributed by atoms with van der Waals surface area (Å²) in [4.78, 5) is 23.3. The first kappa shape index (κ1) is 26.7. The molecule has 0 saturated carbocycles. The van der Waals surface area contributed by atoms with E-state index in [4.69, 9.17) is 22.7 Å². The molecule has 176 valence electrons. The summed E-state index contributed by atoms with van der Waals surface area (Å²) in [7, 11) is 1.24. The summed E-state index contributed by atoms with van der Waals surface area (Å²) in [5, 5.41) is 2.36. The zero-order chi connectivity index (χ0) is 23.5. The van der Waals surface area contributed by atoms with Gasteiger partial charge < -0.3 is 20.5 Å². The molecule has 2 aromatic rings. The number of alkyl halides is 3. The number of rotatable bonds is 6. The number of hydrogen-bond donors (Lipinski definition) is 2. The van der Waals surface area contributed by atoms with E-state index < -0.39 is 29.7 Å². The number of methoxy groups -OCH3 is 1. The Hall–Kier alpha value is -2.60. The lowest BCUT2D eigenvalue weighted by atomic mass is 10.1. The fraction of sp³-hybridized carbons (Fsp3) is 0.190. The summed E-state index contributed by atoms with van der Waals surface area (Å²) in [5.41, 5.74) is 5.32. The van der Waals surface area contributed by atoms with Gasteiger partial charge in [0.1, 0.15) is 21.9 Å². The Morgan fingerprint density at radius 3 is 2.39 bits per heavy atom. The monoisotopic (exact) mass is 518 g/mol. The van der Waals surface area contributed by atoms with Crippen molar-refractivity contribution in [1.29, 1.82) is 0 Å². The van der Waals surface area contributed by atoms with Gasteiger partial charge in [0.25, 0.3) is 5.91 Å². The number of hydrogen-bond acceptors (Lipinski definition) is 7. The fourth-order valence-corrected chi connectivity index (χ4v) is 3.89. The predicted molar refractivity (Wildman–Crippen MR) is 125 cm³/mol. The van der Waals surface area contributed by atoms with E-state index in [1.54, 1.807) is 24.3 Å². The summed E-state index contributed by atoms with van der Waals surface area (Å²) in [6.07, 6.45) is -3.28. The van der Waals surface area contributed by atoms with Gasteiger partial charge in [-0.1, -0.05) is 42.2 Å². The van der Waals surface area contributed by atoms with Crippen molar-refractivity contribution in [3.8, 4) is 11.5 Å². The van der Waals surface area contributed by atoms with Crippen molar-refractivity contribution >= 4 is 58.7 Å². The van der Waals surface area contributed by atoms with Gasteiger partial charge in [0.15, 0.2) is 0 Å². The first-order valence-electron chi connectivity index (χ1n) is 9.13. The Morgan fingerprint density at radius 1 is 1.21 bits per heavy atom. The number of halogens is 4. The maximum atomic E-state index is 13.6. The molecule has 0 bridgehead atoms. The molecule has 0 aliphatic carbocycles. The number of ether oxygens (including phenoxy) is 2. The molecule has 1 aliphatic heterocycles.